The van der Waals surface area contributed by atoms with E-state index in [9.17, 15) is 0 Å². The minimum atomic E-state index is -1.32. The van der Waals surface area contributed by atoms with Gasteiger partial charge in [0.1, 0.15) is 5.58 Å². The van der Waals surface area contributed by atoms with Gasteiger partial charge in [0, 0.05) is 28.2 Å². The highest BCUT2D eigenvalue weighted by atomic mass is 28.3. The number of aromatic nitrogens is 2. The smallest absolute Gasteiger partial charge is 0.227 e. The zero-order valence-corrected chi connectivity index (χ0v) is 15.4. The molecule has 0 bridgehead atoms. The Bertz CT molecular complexity index is 1040. The predicted octanol–water partition coefficient (Wildman–Crippen LogP) is 4.90. The van der Waals surface area contributed by atoms with Crippen molar-refractivity contribution in [3.8, 4) is 11.3 Å². The van der Waals surface area contributed by atoms with E-state index in [1.54, 1.807) is 0 Å². The lowest BCUT2D eigenvalue weighted by atomic mass is 10.1. The number of hydrogen-bond acceptors (Lipinski definition) is 3. The highest BCUT2D eigenvalue weighted by Gasteiger charge is 2.17. The Balaban J connectivity index is 1.84. The molecule has 0 fully saturated rings. The molecular formula is C20H20N2OSi. The summed E-state index contributed by atoms with van der Waals surface area (Å²) in [6, 6.07) is 14.7. The van der Waals surface area contributed by atoms with Gasteiger partial charge in [-0.1, -0.05) is 25.7 Å². The largest absolute Gasteiger partial charge is 0.438 e. The topological polar surface area (TPSA) is 38.9 Å². The van der Waals surface area contributed by atoms with Crippen molar-refractivity contribution >= 4 is 35.3 Å². The monoisotopic (exact) mass is 332 g/mol. The van der Waals surface area contributed by atoms with Gasteiger partial charge in [0.25, 0.3) is 0 Å². The van der Waals surface area contributed by atoms with Crippen LogP contribution in [0.3, 0.4) is 0 Å². The average Bonchev–Trinajstić information content (AvgIpc) is 2.90. The SMILES string of the molecule is Cc1ccc2c(n1)oc1ccc(-c3ccc([Si](C)(C)C)cn3)cc12. The maximum atomic E-state index is 5.86. The van der Waals surface area contributed by atoms with E-state index in [0.717, 1.165) is 33.3 Å². The Morgan fingerprint density at radius 2 is 1.75 bits per heavy atom. The number of fused-ring (bicyclic) bond motifs is 3. The van der Waals surface area contributed by atoms with E-state index in [1.807, 2.05) is 25.3 Å². The molecule has 3 heterocycles. The van der Waals surface area contributed by atoms with Gasteiger partial charge < -0.3 is 4.42 Å². The third-order valence-electron chi connectivity index (χ3n) is 4.40. The van der Waals surface area contributed by atoms with Crippen molar-refractivity contribution in [2.24, 2.45) is 0 Å². The molecule has 24 heavy (non-hydrogen) atoms. The molecule has 0 atom stereocenters. The van der Waals surface area contributed by atoms with Gasteiger partial charge >= 0.3 is 0 Å². The van der Waals surface area contributed by atoms with Crippen LogP contribution in [0.2, 0.25) is 19.6 Å². The van der Waals surface area contributed by atoms with Crippen LogP contribution in [0.25, 0.3) is 33.3 Å². The summed E-state index contributed by atoms with van der Waals surface area (Å²) in [5, 5.41) is 3.52. The fourth-order valence-corrected chi connectivity index (χ4v) is 3.95. The second-order valence-corrected chi connectivity index (χ2v) is 12.4. The van der Waals surface area contributed by atoms with Crippen molar-refractivity contribution in [1.29, 1.82) is 0 Å². The van der Waals surface area contributed by atoms with Crippen LogP contribution in [0.4, 0.5) is 0 Å². The number of furan rings is 1. The summed E-state index contributed by atoms with van der Waals surface area (Å²) in [4.78, 5) is 9.17. The van der Waals surface area contributed by atoms with Crippen molar-refractivity contribution in [3.63, 3.8) is 0 Å². The van der Waals surface area contributed by atoms with Crippen LogP contribution in [0, 0.1) is 6.92 Å². The molecule has 0 aliphatic rings. The lowest BCUT2D eigenvalue weighted by molar-refractivity contribution is 0.652. The summed E-state index contributed by atoms with van der Waals surface area (Å²) >= 11 is 0. The van der Waals surface area contributed by atoms with E-state index in [2.05, 4.69) is 59.9 Å². The van der Waals surface area contributed by atoms with Crippen LogP contribution in [-0.4, -0.2) is 18.0 Å². The fourth-order valence-electron chi connectivity index (χ4n) is 2.92. The minimum absolute atomic E-state index is 0.698. The molecule has 4 heteroatoms. The molecule has 0 unspecified atom stereocenters. The highest BCUT2D eigenvalue weighted by molar-refractivity contribution is 6.88. The first kappa shape index (κ1) is 15.1. The summed E-state index contributed by atoms with van der Waals surface area (Å²) in [7, 11) is -1.32. The molecule has 0 spiro atoms. The molecule has 4 rings (SSSR count). The molecule has 1 aromatic carbocycles. The Morgan fingerprint density at radius 3 is 2.46 bits per heavy atom. The maximum absolute atomic E-state index is 5.86. The Morgan fingerprint density at radius 1 is 0.917 bits per heavy atom. The number of nitrogens with zero attached hydrogens (tertiary/aromatic N) is 2. The molecule has 120 valence electrons. The van der Waals surface area contributed by atoms with Gasteiger partial charge in [-0.2, -0.15) is 0 Å². The van der Waals surface area contributed by atoms with Gasteiger partial charge in [-0.25, -0.2) is 4.98 Å². The first-order chi connectivity index (χ1) is 11.4. The summed E-state index contributed by atoms with van der Waals surface area (Å²) in [5.41, 5.74) is 4.63. The molecule has 0 radical (unpaired) electrons. The van der Waals surface area contributed by atoms with Crippen LogP contribution in [0.1, 0.15) is 5.69 Å². The van der Waals surface area contributed by atoms with Gasteiger partial charge in [-0.3, -0.25) is 4.98 Å². The van der Waals surface area contributed by atoms with E-state index < -0.39 is 8.07 Å². The first-order valence-corrected chi connectivity index (χ1v) is 11.7. The molecule has 0 aliphatic heterocycles. The Labute approximate surface area is 142 Å². The molecule has 0 saturated carbocycles. The van der Waals surface area contributed by atoms with Crippen LogP contribution >= 0.6 is 0 Å². The Kier molecular flexibility index (Phi) is 3.32. The van der Waals surface area contributed by atoms with Gasteiger partial charge in [-0.15, -0.1) is 0 Å². The molecule has 0 amide bonds. The number of rotatable bonds is 2. The van der Waals surface area contributed by atoms with Crippen molar-refractivity contribution in [2.45, 2.75) is 26.6 Å². The lowest BCUT2D eigenvalue weighted by Crippen LogP contribution is -2.37. The van der Waals surface area contributed by atoms with E-state index in [4.69, 9.17) is 4.42 Å². The number of aryl methyl sites for hydroxylation is 1. The van der Waals surface area contributed by atoms with Gasteiger partial charge in [0.05, 0.1) is 13.8 Å². The molecule has 0 saturated heterocycles. The van der Waals surface area contributed by atoms with E-state index >= 15 is 0 Å². The average molecular weight is 332 g/mol. The standard InChI is InChI=1S/C20H20N2OSi/c1-13-5-8-16-17-11-14(6-10-19(17)23-20(16)22-13)18-9-7-15(12-21-18)24(2,3)4/h5-12H,1-4H3. The third-order valence-corrected chi connectivity index (χ3v) is 6.43. The van der Waals surface area contributed by atoms with E-state index in [-0.39, 0.29) is 0 Å². The van der Waals surface area contributed by atoms with E-state index in [1.165, 1.54) is 5.19 Å². The first-order valence-electron chi connectivity index (χ1n) is 8.19. The molecule has 3 nitrogen and oxygen atoms in total. The lowest BCUT2D eigenvalue weighted by Gasteiger charge is -2.16. The molecule has 3 aromatic heterocycles. The van der Waals surface area contributed by atoms with Crippen molar-refractivity contribution < 1.29 is 4.42 Å². The quantitative estimate of drug-likeness (QED) is 0.490. The van der Waals surface area contributed by atoms with Crippen LogP contribution in [0.15, 0.2) is 53.1 Å². The van der Waals surface area contributed by atoms with Gasteiger partial charge in [0.2, 0.25) is 5.71 Å². The summed E-state index contributed by atoms with van der Waals surface area (Å²) in [5.74, 6) is 0. The number of pyridine rings is 2. The van der Waals surface area contributed by atoms with Crippen LogP contribution in [0.5, 0.6) is 0 Å². The normalized spacial score (nSPS) is 12.2. The molecular weight excluding hydrogens is 312 g/mol. The fraction of sp³-hybridized carbons (Fsp3) is 0.200. The predicted molar refractivity (Wildman–Crippen MR) is 102 cm³/mol. The van der Waals surface area contributed by atoms with E-state index in [0.29, 0.717) is 5.71 Å². The minimum Gasteiger partial charge on any atom is -0.438 e. The number of benzene rings is 1. The van der Waals surface area contributed by atoms with Gasteiger partial charge in [0.15, 0.2) is 0 Å². The second-order valence-electron chi connectivity index (χ2n) is 7.30. The van der Waals surface area contributed by atoms with Crippen molar-refractivity contribution in [3.05, 3.63) is 54.4 Å². The maximum Gasteiger partial charge on any atom is 0.227 e. The summed E-state index contributed by atoms with van der Waals surface area (Å²) in [6.07, 6.45) is 2.03. The second kappa shape index (κ2) is 5.28. The molecule has 0 aliphatic carbocycles. The molecule has 4 aromatic rings. The van der Waals surface area contributed by atoms with Gasteiger partial charge in [-0.05, 0) is 48.5 Å². The third kappa shape index (κ3) is 2.53. The number of hydrogen-bond donors (Lipinski definition) is 0. The molecule has 0 N–H and O–H groups in total. The zero-order chi connectivity index (χ0) is 16.9. The van der Waals surface area contributed by atoms with Crippen molar-refractivity contribution in [2.75, 3.05) is 0 Å². The zero-order valence-electron chi connectivity index (χ0n) is 14.4. The van der Waals surface area contributed by atoms with Crippen LogP contribution < -0.4 is 5.19 Å². The van der Waals surface area contributed by atoms with Crippen LogP contribution in [-0.2, 0) is 0 Å². The van der Waals surface area contributed by atoms with Crippen molar-refractivity contribution in [1.82, 2.24) is 9.97 Å². The summed E-state index contributed by atoms with van der Waals surface area (Å²) in [6.45, 7) is 8.98. The summed E-state index contributed by atoms with van der Waals surface area (Å²) < 4.78 is 5.86. The Hall–Kier alpha value is -2.46. The highest BCUT2D eigenvalue weighted by Crippen LogP contribution is 2.31.